The minimum atomic E-state index is -0.183. The van der Waals surface area contributed by atoms with Gasteiger partial charge < -0.3 is 25.8 Å². The van der Waals surface area contributed by atoms with E-state index in [2.05, 4.69) is 15.3 Å². The zero-order valence-corrected chi connectivity index (χ0v) is 21.0. The molecule has 0 unspecified atom stereocenters. The molecule has 0 saturated carbocycles. The number of benzene rings is 1. The quantitative estimate of drug-likeness (QED) is 0.403. The maximum Gasteiger partial charge on any atom is 0.222 e. The van der Waals surface area contributed by atoms with Gasteiger partial charge in [-0.15, -0.1) is 0 Å². The molecule has 8 nitrogen and oxygen atoms in total. The number of aliphatic hydroxyl groups is 1. The molecule has 0 saturated heterocycles. The number of anilines is 1. The van der Waals surface area contributed by atoms with E-state index in [1.54, 1.807) is 24.5 Å². The van der Waals surface area contributed by atoms with Gasteiger partial charge in [0.1, 0.15) is 11.6 Å². The van der Waals surface area contributed by atoms with Gasteiger partial charge in [-0.25, -0.2) is 4.98 Å². The van der Waals surface area contributed by atoms with E-state index in [9.17, 15) is 9.90 Å². The second kappa shape index (κ2) is 12.3. The summed E-state index contributed by atoms with van der Waals surface area (Å²) in [6.07, 6.45) is 6.85. The molecule has 1 aromatic carbocycles. The standard InChI is InChI=1S/C21H23N5O2.CH4O.Y/c1-4-23-10-16(9-22)14-5-15(7-17(28)6-14)19-12-26(3)20-11-24-21(8-18(19)20)25-13(2)27;1-2;/h5-12,28H,4,22H2,1-3H3,(H,24,25,27);2H,1H3;/b16-9+,23-10?;;. The van der Waals surface area contributed by atoms with Crippen LogP contribution in [0.25, 0.3) is 27.6 Å². The van der Waals surface area contributed by atoms with Crippen molar-refractivity contribution in [3.8, 4) is 16.9 Å². The van der Waals surface area contributed by atoms with Crippen molar-refractivity contribution >= 4 is 34.4 Å². The summed E-state index contributed by atoms with van der Waals surface area (Å²) in [7, 11) is 2.93. The van der Waals surface area contributed by atoms with E-state index < -0.39 is 0 Å². The second-order valence-electron chi connectivity index (χ2n) is 6.44. The number of carbonyl (C=O) groups excluding carboxylic acids is 1. The number of phenols is 1. The minimum Gasteiger partial charge on any atom is -0.508 e. The molecule has 3 aromatic rings. The average Bonchev–Trinajstić information content (AvgIpc) is 3.05. The summed E-state index contributed by atoms with van der Waals surface area (Å²) in [6, 6.07) is 7.13. The molecule has 1 radical (unpaired) electrons. The third kappa shape index (κ3) is 6.46. The number of aromatic hydroxyl groups is 1. The van der Waals surface area contributed by atoms with Crippen LogP contribution in [0.15, 0.2) is 47.9 Å². The van der Waals surface area contributed by atoms with Crippen molar-refractivity contribution in [3.05, 3.63) is 48.4 Å². The van der Waals surface area contributed by atoms with Crippen LogP contribution in [0, 0.1) is 0 Å². The van der Waals surface area contributed by atoms with E-state index >= 15 is 0 Å². The fraction of sp³-hybridized carbons (Fsp3) is 0.227. The first-order chi connectivity index (χ1) is 14.4. The van der Waals surface area contributed by atoms with Gasteiger partial charge in [0, 0.05) is 95.5 Å². The number of amides is 1. The molecule has 0 aliphatic carbocycles. The molecule has 0 bridgehead atoms. The Hall–Kier alpha value is -2.55. The van der Waals surface area contributed by atoms with Crippen LogP contribution >= 0.6 is 0 Å². The molecule has 9 heteroatoms. The van der Waals surface area contributed by atoms with Crippen LogP contribution in [0.4, 0.5) is 5.82 Å². The molecule has 0 aliphatic rings. The Morgan fingerprint density at radius 2 is 2.00 bits per heavy atom. The number of aliphatic imine (C=N–C) groups is 1. The Morgan fingerprint density at radius 3 is 2.61 bits per heavy atom. The first kappa shape index (κ1) is 26.5. The van der Waals surface area contributed by atoms with Crippen LogP contribution in [0.2, 0.25) is 0 Å². The molecule has 0 fully saturated rings. The number of aryl methyl sites for hydroxylation is 1. The molecule has 2 aromatic heterocycles. The van der Waals surface area contributed by atoms with Crippen LogP contribution < -0.4 is 11.1 Å². The number of aliphatic hydroxyl groups excluding tert-OH is 1. The number of hydrogen-bond acceptors (Lipinski definition) is 6. The Labute approximate surface area is 206 Å². The predicted octanol–water partition coefficient (Wildman–Crippen LogP) is 2.90. The molecule has 31 heavy (non-hydrogen) atoms. The fourth-order valence-electron chi connectivity index (χ4n) is 3.09. The summed E-state index contributed by atoms with van der Waals surface area (Å²) in [5.74, 6) is 0.423. The molecule has 2 heterocycles. The predicted molar refractivity (Wildman–Crippen MR) is 121 cm³/mol. The molecule has 5 N–H and O–H groups in total. The largest absolute Gasteiger partial charge is 0.508 e. The van der Waals surface area contributed by atoms with E-state index in [0.717, 1.165) is 40.3 Å². The molecule has 3 rings (SSSR count). The van der Waals surface area contributed by atoms with Gasteiger partial charge in [-0.2, -0.15) is 0 Å². The van der Waals surface area contributed by atoms with Gasteiger partial charge in [0.15, 0.2) is 0 Å². The van der Waals surface area contributed by atoms with Gasteiger partial charge in [-0.05, 0) is 42.3 Å². The number of aromatic nitrogens is 2. The van der Waals surface area contributed by atoms with Crippen LogP contribution in [-0.2, 0) is 44.6 Å². The van der Waals surface area contributed by atoms with E-state index in [0.29, 0.717) is 12.4 Å². The molecule has 1 amide bonds. The molecule has 161 valence electrons. The van der Waals surface area contributed by atoms with E-state index in [-0.39, 0.29) is 44.4 Å². The summed E-state index contributed by atoms with van der Waals surface area (Å²) in [6.45, 7) is 4.03. The third-order valence-corrected chi connectivity index (χ3v) is 4.33. The normalized spacial score (nSPS) is 11.1. The summed E-state index contributed by atoms with van der Waals surface area (Å²) in [5.41, 5.74) is 9.89. The Bertz CT molecular complexity index is 1110. The fourth-order valence-corrected chi connectivity index (χ4v) is 3.09. The smallest absolute Gasteiger partial charge is 0.222 e. The summed E-state index contributed by atoms with van der Waals surface area (Å²) < 4.78 is 1.96. The van der Waals surface area contributed by atoms with Gasteiger partial charge in [-0.1, -0.05) is 0 Å². The molecular formula is C22H27N5O3Y. The van der Waals surface area contributed by atoms with Gasteiger partial charge in [0.2, 0.25) is 5.91 Å². The SMILES string of the molecule is CCN=C/C(=C\N)c1cc(O)cc(-c2cn(C)c3cnc(NC(C)=O)cc23)c1.CO.[Y]. The van der Waals surface area contributed by atoms with Crippen LogP contribution in [-0.4, -0.2) is 45.5 Å². The van der Waals surface area contributed by atoms with Gasteiger partial charge in [0.25, 0.3) is 0 Å². The number of carbonyl (C=O) groups is 1. The topological polar surface area (TPSA) is 126 Å². The summed E-state index contributed by atoms with van der Waals surface area (Å²) >= 11 is 0. The minimum absolute atomic E-state index is 0. The zero-order valence-electron chi connectivity index (χ0n) is 18.1. The van der Waals surface area contributed by atoms with E-state index in [4.69, 9.17) is 10.8 Å². The van der Waals surface area contributed by atoms with E-state index in [1.807, 2.05) is 36.9 Å². The van der Waals surface area contributed by atoms with Gasteiger partial charge in [0.05, 0.1) is 11.7 Å². The van der Waals surface area contributed by atoms with Crippen LogP contribution in [0.1, 0.15) is 19.4 Å². The van der Waals surface area contributed by atoms with Gasteiger partial charge >= 0.3 is 0 Å². The second-order valence-corrected chi connectivity index (χ2v) is 6.44. The van der Waals surface area contributed by atoms with Crippen molar-refractivity contribution in [2.24, 2.45) is 17.8 Å². The first-order valence-corrected chi connectivity index (χ1v) is 9.36. The first-order valence-electron chi connectivity index (χ1n) is 9.36. The van der Waals surface area contributed by atoms with Crippen LogP contribution in [0.3, 0.4) is 0 Å². The number of nitrogens with zero attached hydrogens (tertiary/aromatic N) is 3. The van der Waals surface area contributed by atoms with Crippen molar-refractivity contribution in [2.45, 2.75) is 13.8 Å². The van der Waals surface area contributed by atoms with Crippen molar-refractivity contribution in [3.63, 3.8) is 0 Å². The van der Waals surface area contributed by atoms with Crippen LogP contribution in [0.5, 0.6) is 5.75 Å². The molecule has 0 aliphatic heterocycles. The van der Waals surface area contributed by atoms with Crippen molar-refractivity contribution in [1.82, 2.24) is 9.55 Å². The summed E-state index contributed by atoms with van der Waals surface area (Å²) in [5, 5.41) is 20.9. The molecule has 0 spiro atoms. The maximum atomic E-state index is 11.4. The maximum absolute atomic E-state index is 11.4. The number of pyridine rings is 1. The number of nitrogens with two attached hydrogens (primary N) is 1. The number of fused-ring (bicyclic) bond motifs is 1. The Morgan fingerprint density at radius 1 is 1.29 bits per heavy atom. The van der Waals surface area contributed by atoms with Crippen molar-refractivity contribution < 1.29 is 47.7 Å². The monoisotopic (exact) mass is 498 g/mol. The van der Waals surface area contributed by atoms with Gasteiger partial charge in [-0.3, -0.25) is 9.79 Å². The number of phenolic OH excluding ortho intramolecular Hbond substituents is 1. The Kier molecular flexibility index (Phi) is 10.5. The molecular weight excluding hydrogens is 471 g/mol. The average molecular weight is 498 g/mol. The number of allylic oxidation sites excluding steroid dienone is 1. The van der Waals surface area contributed by atoms with E-state index in [1.165, 1.54) is 13.1 Å². The number of rotatable bonds is 5. The third-order valence-electron chi connectivity index (χ3n) is 4.33. The number of nitrogens with one attached hydrogen (secondary N) is 1. The molecule has 0 atom stereocenters. The van der Waals surface area contributed by atoms with Crippen molar-refractivity contribution in [2.75, 3.05) is 19.0 Å². The zero-order chi connectivity index (χ0) is 22.3. The van der Waals surface area contributed by atoms with Crippen molar-refractivity contribution in [1.29, 1.82) is 0 Å². The number of hydrogen-bond donors (Lipinski definition) is 4. The Balaban J connectivity index is 0.00000156. The summed E-state index contributed by atoms with van der Waals surface area (Å²) in [4.78, 5) is 19.9.